The second-order valence-electron chi connectivity index (χ2n) is 3.43. The molecule has 0 atom stereocenters. The average molecular weight is 239 g/mol. The molecule has 0 amide bonds. The molecule has 17 heavy (non-hydrogen) atoms. The zero-order valence-corrected chi connectivity index (χ0v) is 10.1. The fraction of sp³-hybridized carbons (Fsp3) is 0.500. The summed E-state index contributed by atoms with van der Waals surface area (Å²) in [5.74, 6) is 0. The number of nitrogens with zero attached hydrogens (tertiary/aromatic N) is 1. The van der Waals surface area contributed by atoms with E-state index in [-0.39, 0.29) is 10.6 Å². The number of ether oxygens (including phenoxy) is 2. The van der Waals surface area contributed by atoms with Crippen LogP contribution in [0.3, 0.4) is 0 Å². The Bertz CT molecular complexity index is 361. The van der Waals surface area contributed by atoms with Gasteiger partial charge in [0.15, 0.2) is 6.29 Å². The van der Waals surface area contributed by atoms with Crippen molar-refractivity contribution in [3.63, 3.8) is 0 Å². The zero-order chi connectivity index (χ0) is 12.7. The Morgan fingerprint density at radius 3 is 2.35 bits per heavy atom. The number of rotatable bonds is 7. The molecule has 0 saturated carbocycles. The summed E-state index contributed by atoms with van der Waals surface area (Å²) in [7, 11) is 0. The van der Waals surface area contributed by atoms with Crippen LogP contribution in [0.5, 0.6) is 0 Å². The van der Waals surface area contributed by atoms with Gasteiger partial charge < -0.3 is 9.47 Å². The molecule has 1 aromatic carbocycles. The predicted molar refractivity (Wildman–Crippen MR) is 63.8 cm³/mol. The Morgan fingerprint density at radius 1 is 1.24 bits per heavy atom. The van der Waals surface area contributed by atoms with Crippen molar-refractivity contribution in [2.24, 2.45) is 0 Å². The molecule has 5 nitrogen and oxygen atoms in total. The first-order chi connectivity index (χ1) is 8.19. The minimum Gasteiger partial charge on any atom is -0.353 e. The number of nitro groups is 1. The van der Waals surface area contributed by atoms with Gasteiger partial charge in [-0.25, -0.2) is 0 Å². The molecule has 1 aromatic rings. The van der Waals surface area contributed by atoms with Gasteiger partial charge in [0, 0.05) is 31.3 Å². The molecular weight excluding hydrogens is 222 g/mol. The Labute approximate surface area is 101 Å². The molecular formula is C12H17NO4. The first kappa shape index (κ1) is 13.6. The predicted octanol–water partition coefficient (Wildman–Crippen LogP) is 2.54. The highest BCUT2D eigenvalue weighted by molar-refractivity contribution is 5.39. The second-order valence-corrected chi connectivity index (χ2v) is 3.43. The van der Waals surface area contributed by atoms with E-state index in [1.807, 2.05) is 13.8 Å². The van der Waals surface area contributed by atoms with Crippen LogP contribution in [0.25, 0.3) is 0 Å². The van der Waals surface area contributed by atoms with Crippen LogP contribution in [0.4, 0.5) is 5.69 Å². The molecule has 0 heterocycles. The van der Waals surface area contributed by atoms with Crippen molar-refractivity contribution in [3.05, 3.63) is 39.9 Å². The molecule has 0 unspecified atom stereocenters. The van der Waals surface area contributed by atoms with Gasteiger partial charge in [-0.1, -0.05) is 18.2 Å². The summed E-state index contributed by atoms with van der Waals surface area (Å²) in [5, 5.41) is 10.8. The van der Waals surface area contributed by atoms with E-state index in [1.165, 1.54) is 6.07 Å². The topological polar surface area (TPSA) is 61.6 Å². The molecule has 0 aliphatic heterocycles. The minimum absolute atomic E-state index is 0.108. The monoisotopic (exact) mass is 239 g/mol. The van der Waals surface area contributed by atoms with Gasteiger partial charge in [0.05, 0.1) is 4.92 Å². The smallest absolute Gasteiger partial charge is 0.272 e. The third-order valence-corrected chi connectivity index (χ3v) is 2.28. The molecule has 0 aliphatic rings. The van der Waals surface area contributed by atoms with Crippen LogP contribution in [-0.4, -0.2) is 24.4 Å². The number of para-hydroxylation sites is 1. The maximum absolute atomic E-state index is 10.8. The first-order valence-electron chi connectivity index (χ1n) is 5.64. The third kappa shape index (κ3) is 4.13. The van der Waals surface area contributed by atoms with Crippen LogP contribution in [-0.2, 0) is 15.9 Å². The molecule has 0 N–H and O–H groups in total. The quantitative estimate of drug-likeness (QED) is 0.416. The highest BCUT2D eigenvalue weighted by Crippen LogP contribution is 2.20. The lowest BCUT2D eigenvalue weighted by Crippen LogP contribution is -2.20. The Kier molecular flexibility index (Phi) is 5.59. The van der Waals surface area contributed by atoms with Crippen molar-refractivity contribution >= 4 is 5.69 Å². The van der Waals surface area contributed by atoms with E-state index in [1.54, 1.807) is 18.2 Å². The van der Waals surface area contributed by atoms with E-state index in [0.29, 0.717) is 25.2 Å². The fourth-order valence-electron chi connectivity index (χ4n) is 1.58. The van der Waals surface area contributed by atoms with Crippen molar-refractivity contribution < 1.29 is 14.4 Å². The largest absolute Gasteiger partial charge is 0.353 e. The molecule has 1 rings (SSSR count). The van der Waals surface area contributed by atoms with E-state index >= 15 is 0 Å². The standard InChI is InChI=1S/C12H17NO4/c1-3-16-12(17-4-2)9-10-7-5-6-8-11(10)13(14)15/h5-8,12H,3-4,9H2,1-2H3. The van der Waals surface area contributed by atoms with Gasteiger partial charge in [-0.05, 0) is 13.8 Å². The van der Waals surface area contributed by atoms with Gasteiger partial charge in [-0.15, -0.1) is 0 Å². The highest BCUT2D eigenvalue weighted by Gasteiger charge is 2.17. The summed E-state index contributed by atoms with van der Waals surface area (Å²) in [5.41, 5.74) is 0.737. The first-order valence-corrected chi connectivity index (χ1v) is 5.64. The molecule has 0 aliphatic carbocycles. The third-order valence-electron chi connectivity index (χ3n) is 2.28. The lowest BCUT2D eigenvalue weighted by atomic mass is 10.1. The van der Waals surface area contributed by atoms with Crippen LogP contribution >= 0.6 is 0 Å². The summed E-state index contributed by atoms with van der Waals surface area (Å²) < 4.78 is 10.8. The van der Waals surface area contributed by atoms with Gasteiger partial charge in [-0.3, -0.25) is 10.1 Å². The van der Waals surface area contributed by atoms with E-state index in [0.717, 1.165) is 0 Å². The van der Waals surface area contributed by atoms with Crippen molar-refractivity contribution in [3.8, 4) is 0 Å². The summed E-state index contributed by atoms with van der Waals surface area (Å²) in [6.07, 6.45) is -0.0372. The van der Waals surface area contributed by atoms with Crippen LogP contribution < -0.4 is 0 Å². The summed E-state index contributed by atoms with van der Waals surface area (Å²) in [6.45, 7) is 4.77. The summed E-state index contributed by atoms with van der Waals surface area (Å²) >= 11 is 0. The Balaban J connectivity index is 2.80. The van der Waals surface area contributed by atoms with Crippen molar-refractivity contribution in [1.29, 1.82) is 0 Å². The van der Waals surface area contributed by atoms with E-state index in [4.69, 9.17) is 9.47 Å². The lowest BCUT2D eigenvalue weighted by molar-refractivity contribution is -0.385. The van der Waals surface area contributed by atoms with Crippen LogP contribution in [0.1, 0.15) is 19.4 Å². The maximum Gasteiger partial charge on any atom is 0.272 e. The number of hydrogen-bond acceptors (Lipinski definition) is 4. The molecule has 0 fully saturated rings. The highest BCUT2D eigenvalue weighted by atomic mass is 16.7. The number of benzene rings is 1. The van der Waals surface area contributed by atoms with Crippen LogP contribution in [0.2, 0.25) is 0 Å². The average Bonchev–Trinajstić information content (AvgIpc) is 2.30. The van der Waals surface area contributed by atoms with Gasteiger partial charge in [-0.2, -0.15) is 0 Å². The van der Waals surface area contributed by atoms with Gasteiger partial charge >= 0.3 is 0 Å². The van der Waals surface area contributed by atoms with Gasteiger partial charge in [0.2, 0.25) is 0 Å². The molecule has 0 saturated heterocycles. The zero-order valence-electron chi connectivity index (χ0n) is 10.1. The molecule has 94 valence electrons. The Morgan fingerprint density at radius 2 is 1.82 bits per heavy atom. The lowest BCUT2D eigenvalue weighted by Gasteiger charge is -2.16. The fourth-order valence-corrected chi connectivity index (χ4v) is 1.58. The van der Waals surface area contributed by atoms with Crippen molar-refractivity contribution in [2.45, 2.75) is 26.6 Å². The second kappa shape index (κ2) is 6.98. The van der Waals surface area contributed by atoms with Crippen LogP contribution in [0, 0.1) is 10.1 Å². The molecule has 0 bridgehead atoms. The van der Waals surface area contributed by atoms with E-state index < -0.39 is 6.29 Å². The Hall–Kier alpha value is -1.46. The summed E-state index contributed by atoms with van der Waals surface area (Å²) in [4.78, 5) is 10.5. The number of hydrogen-bond donors (Lipinski definition) is 0. The molecule has 0 aromatic heterocycles. The van der Waals surface area contributed by atoms with E-state index in [9.17, 15) is 10.1 Å². The number of nitro benzene ring substituents is 1. The SMILES string of the molecule is CCOC(Cc1ccccc1[N+](=O)[O-])OCC. The van der Waals surface area contributed by atoms with Gasteiger partial charge in [0.25, 0.3) is 5.69 Å². The van der Waals surface area contributed by atoms with Gasteiger partial charge in [0.1, 0.15) is 0 Å². The maximum atomic E-state index is 10.8. The normalized spacial score (nSPS) is 10.8. The molecule has 0 spiro atoms. The molecule has 0 radical (unpaired) electrons. The van der Waals surface area contributed by atoms with Crippen molar-refractivity contribution in [1.82, 2.24) is 0 Å². The minimum atomic E-state index is -0.425. The van der Waals surface area contributed by atoms with Crippen molar-refractivity contribution in [2.75, 3.05) is 13.2 Å². The van der Waals surface area contributed by atoms with Crippen LogP contribution in [0.15, 0.2) is 24.3 Å². The van der Waals surface area contributed by atoms with E-state index in [2.05, 4.69) is 0 Å². The summed E-state index contributed by atoms with van der Waals surface area (Å²) in [6, 6.07) is 6.64. The molecule has 5 heteroatoms.